The number of methoxy groups -OCH3 is 1. The van der Waals surface area contributed by atoms with Crippen LogP contribution in [0.25, 0.3) is 0 Å². The predicted molar refractivity (Wildman–Crippen MR) is 66.8 cm³/mol. The minimum absolute atomic E-state index is 0.357. The summed E-state index contributed by atoms with van der Waals surface area (Å²) in [5, 5.41) is 3.34. The first-order valence-corrected chi connectivity index (χ1v) is 6.77. The molecule has 2 rings (SSSR count). The SMILES string of the molecule is COCC1CCN(C(=O)CC2CCNCC2)C1. The van der Waals surface area contributed by atoms with E-state index >= 15 is 0 Å². The van der Waals surface area contributed by atoms with Gasteiger partial charge in [-0.05, 0) is 38.3 Å². The van der Waals surface area contributed by atoms with Gasteiger partial charge in [0.15, 0.2) is 0 Å². The summed E-state index contributed by atoms with van der Waals surface area (Å²) in [7, 11) is 1.74. The minimum Gasteiger partial charge on any atom is -0.384 e. The average Bonchev–Trinajstić information content (AvgIpc) is 2.79. The van der Waals surface area contributed by atoms with Crippen molar-refractivity contribution in [1.82, 2.24) is 10.2 Å². The van der Waals surface area contributed by atoms with Crippen LogP contribution in [-0.4, -0.2) is 50.7 Å². The van der Waals surface area contributed by atoms with E-state index in [-0.39, 0.29) is 0 Å². The zero-order valence-corrected chi connectivity index (χ0v) is 10.8. The van der Waals surface area contributed by atoms with Crippen molar-refractivity contribution in [2.75, 3.05) is 39.9 Å². The number of hydrogen-bond donors (Lipinski definition) is 1. The summed E-state index contributed by atoms with van der Waals surface area (Å²) in [5.74, 6) is 1.51. The molecule has 0 bridgehead atoms. The molecule has 0 aromatic rings. The molecule has 0 aromatic carbocycles. The van der Waals surface area contributed by atoms with Gasteiger partial charge in [0.25, 0.3) is 0 Å². The molecule has 1 amide bonds. The molecule has 17 heavy (non-hydrogen) atoms. The molecular weight excluding hydrogens is 216 g/mol. The van der Waals surface area contributed by atoms with Crippen molar-refractivity contribution in [3.63, 3.8) is 0 Å². The van der Waals surface area contributed by atoms with Gasteiger partial charge in [0.05, 0.1) is 6.61 Å². The lowest BCUT2D eigenvalue weighted by Crippen LogP contribution is -2.34. The van der Waals surface area contributed by atoms with Gasteiger partial charge in [0, 0.05) is 32.5 Å². The topological polar surface area (TPSA) is 41.6 Å². The van der Waals surface area contributed by atoms with Crippen LogP contribution < -0.4 is 5.32 Å². The largest absolute Gasteiger partial charge is 0.384 e. The molecule has 0 aromatic heterocycles. The van der Waals surface area contributed by atoms with Gasteiger partial charge in [0.1, 0.15) is 0 Å². The number of ether oxygens (including phenoxy) is 1. The van der Waals surface area contributed by atoms with Gasteiger partial charge in [-0.25, -0.2) is 0 Å². The third-order valence-corrected chi connectivity index (χ3v) is 3.96. The van der Waals surface area contributed by atoms with Gasteiger partial charge >= 0.3 is 0 Å². The smallest absolute Gasteiger partial charge is 0.222 e. The fourth-order valence-corrected chi connectivity index (χ4v) is 2.89. The Labute approximate surface area is 104 Å². The maximum atomic E-state index is 12.1. The van der Waals surface area contributed by atoms with E-state index in [9.17, 15) is 4.79 Å². The van der Waals surface area contributed by atoms with Gasteiger partial charge in [-0.2, -0.15) is 0 Å². The Morgan fingerprint density at radius 2 is 2.06 bits per heavy atom. The summed E-state index contributed by atoms with van der Waals surface area (Å²) >= 11 is 0. The number of carbonyl (C=O) groups excluding carboxylic acids is 1. The van der Waals surface area contributed by atoms with E-state index in [0.29, 0.717) is 17.7 Å². The molecular formula is C13H24N2O2. The predicted octanol–water partition coefficient (Wildman–Crippen LogP) is 0.871. The van der Waals surface area contributed by atoms with Gasteiger partial charge in [-0.3, -0.25) is 4.79 Å². The van der Waals surface area contributed by atoms with E-state index in [2.05, 4.69) is 5.32 Å². The number of likely N-dealkylation sites (tertiary alicyclic amines) is 1. The zero-order chi connectivity index (χ0) is 12.1. The van der Waals surface area contributed by atoms with Crippen LogP contribution in [0.4, 0.5) is 0 Å². The van der Waals surface area contributed by atoms with E-state index < -0.39 is 0 Å². The zero-order valence-electron chi connectivity index (χ0n) is 10.8. The highest BCUT2D eigenvalue weighted by atomic mass is 16.5. The highest BCUT2D eigenvalue weighted by molar-refractivity contribution is 5.76. The Hall–Kier alpha value is -0.610. The van der Waals surface area contributed by atoms with Gasteiger partial charge in [-0.1, -0.05) is 0 Å². The van der Waals surface area contributed by atoms with Crippen LogP contribution in [0.15, 0.2) is 0 Å². The van der Waals surface area contributed by atoms with Crippen LogP contribution in [0.5, 0.6) is 0 Å². The van der Waals surface area contributed by atoms with E-state index in [4.69, 9.17) is 4.74 Å². The Kier molecular flexibility index (Phi) is 4.80. The molecule has 4 nitrogen and oxygen atoms in total. The lowest BCUT2D eigenvalue weighted by Gasteiger charge is -2.24. The third-order valence-electron chi connectivity index (χ3n) is 3.96. The first-order chi connectivity index (χ1) is 8.29. The van der Waals surface area contributed by atoms with E-state index in [1.54, 1.807) is 7.11 Å². The van der Waals surface area contributed by atoms with Gasteiger partial charge in [-0.15, -0.1) is 0 Å². The van der Waals surface area contributed by atoms with Crippen LogP contribution in [0, 0.1) is 11.8 Å². The van der Waals surface area contributed by atoms with Gasteiger partial charge in [0.2, 0.25) is 5.91 Å². The van der Waals surface area contributed by atoms with Crippen LogP contribution in [0.2, 0.25) is 0 Å². The van der Waals surface area contributed by atoms with Crippen molar-refractivity contribution < 1.29 is 9.53 Å². The molecule has 1 atom stereocenters. The monoisotopic (exact) mass is 240 g/mol. The number of piperidine rings is 1. The fraction of sp³-hybridized carbons (Fsp3) is 0.923. The summed E-state index contributed by atoms with van der Waals surface area (Å²) in [6, 6.07) is 0. The molecule has 0 saturated carbocycles. The Morgan fingerprint density at radius 1 is 1.29 bits per heavy atom. The second-order valence-corrected chi connectivity index (χ2v) is 5.35. The van der Waals surface area contributed by atoms with Crippen LogP contribution >= 0.6 is 0 Å². The molecule has 0 radical (unpaired) electrons. The van der Waals surface area contributed by atoms with Crippen molar-refractivity contribution in [1.29, 1.82) is 0 Å². The first-order valence-electron chi connectivity index (χ1n) is 6.77. The summed E-state index contributed by atoms with van der Waals surface area (Å²) in [5.41, 5.74) is 0. The second kappa shape index (κ2) is 6.36. The summed E-state index contributed by atoms with van der Waals surface area (Å²) in [6.07, 6.45) is 4.16. The molecule has 0 spiro atoms. The molecule has 1 N–H and O–H groups in total. The molecule has 2 heterocycles. The number of hydrogen-bond acceptors (Lipinski definition) is 3. The van der Waals surface area contributed by atoms with Crippen LogP contribution in [0.3, 0.4) is 0 Å². The molecule has 2 saturated heterocycles. The molecule has 2 fully saturated rings. The van der Waals surface area contributed by atoms with Crippen molar-refractivity contribution >= 4 is 5.91 Å². The number of carbonyl (C=O) groups is 1. The third kappa shape index (κ3) is 3.68. The second-order valence-electron chi connectivity index (χ2n) is 5.35. The first kappa shape index (κ1) is 12.8. The summed E-state index contributed by atoms with van der Waals surface area (Å²) < 4.78 is 5.16. The normalized spacial score (nSPS) is 26.4. The van der Waals surface area contributed by atoms with Crippen molar-refractivity contribution in [3.05, 3.63) is 0 Å². The maximum absolute atomic E-state index is 12.1. The quantitative estimate of drug-likeness (QED) is 0.793. The molecule has 4 heteroatoms. The number of nitrogens with zero attached hydrogens (tertiary/aromatic N) is 1. The average molecular weight is 240 g/mol. The van der Waals surface area contributed by atoms with E-state index in [1.807, 2.05) is 4.90 Å². The molecule has 0 aliphatic carbocycles. The number of nitrogens with one attached hydrogen (secondary N) is 1. The van der Waals surface area contributed by atoms with Crippen LogP contribution in [-0.2, 0) is 9.53 Å². The highest BCUT2D eigenvalue weighted by Crippen LogP contribution is 2.21. The Balaban J connectivity index is 1.72. The standard InChI is InChI=1S/C13H24N2O2/c1-17-10-12-4-7-15(9-12)13(16)8-11-2-5-14-6-3-11/h11-12,14H,2-10H2,1H3. The van der Waals surface area contributed by atoms with Crippen molar-refractivity contribution in [3.8, 4) is 0 Å². The number of rotatable bonds is 4. The fourth-order valence-electron chi connectivity index (χ4n) is 2.89. The van der Waals surface area contributed by atoms with Crippen molar-refractivity contribution in [2.45, 2.75) is 25.7 Å². The molecule has 2 aliphatic rings. The Morgan fingerprint density at radius 3 is 2.76 bits per heavy atom. The van der Waals surface area contributed by atoms with Crippen LogP contribution in [0.1, 0.15) is 25.7 Å². The Bertz CT molecular complexity index is 252. The molecule has 98 valence electrons. The van der Waals surface area contributed by atoms with Crippen molar-refractivity contribution in [2.24, 2.45) is 11.8 Å². The van der Waals surface area contributed by atoms with E-state index in [1.165, 1.54) is 0 Å². The number of amides is 1. The highest BCUT2D eigenvalue weighted by Gasteiger charge is 2.27. The molecule has 1 unspecified atom stereocenters. The lowest BCUT2D eigenvalue weighted by atomic mass is 9.94. The van der Waals surface area contributed by atoms with E-state index in [0.717, 1.165) is 58.5 Å². The lowest BCUT2D eigenvalue weighted by molar-refractivity contribution is -0.131. The van der Waals surface area contributed by atoms with Gasteiger partial charge < -0.3 is 15.0 Å². The molecule has 2 aliphatic heterocycles. The minimum atomic E-state index is 0.357. The maximum Gasteiger partial charge on any atom is 0.222 e. The summed E-state index contributed by atoms with van der Waals surface area (Å²) in [4.78, 5) is 14.2. The summed E-state index contributed by atoms with van der Waals surface area (Å²) in [6.45, 7) is 4.76.